The number of rotatable bonds is 4. The highest BCUT2D eigenvalue weighted by Crippen LogP contribution is 2.21. The van der Waals surface area contributed by atoms with E-state index in [1.807, 2.05) is 30.8 Å². The quantitative estimate of drug-likeness (QED) is 0.920. The van der Waals surface area contributed by atoms with E-state index < -0.39 is 0 Å². The minimum absolute atomic E-state index is 0.0575. The second-order valence-corrected chi connectivity index (χ2v) is 6.62. The largest absolute Gasteiger partial charge is 0.378 e. The third-order valence-electron chi connectivity index (χ3n) is 4.78. The maximum atomic E-state index is 12.6. The van der Waals surface area contributed by atoms with Gasteiger partial charge < -0.3 is 15.0 Å². The Morgan fingerprint density at radius 3 is 2.80 bits per heavy atom. The molecule has 2 aromatic rings. The number of ether oxygens (including phenoxy) is 1. The summed E-state index contributed by atoms with van der Waals surface area (Å²) in [4.78, 5) is 14.4. The number of carbonyl (C=O) groups excluding carboxylic acids is 1. The van der Waals surface area contributed by atoms with Crippen LogP contribution in [0.15, 0.2) is 24.3 Å². The van der Waals surface area contributed by atoms with E-state index in [2.05, 4.69) is 31.3 Å². The molecule has 0 aliphatic carbocycles. The van der Waals surface area contributed by atoms with Crippen LogP contribution < -0.4 is 5.32 Å². The average Bonchev–Trinajstić information content (AvgIpc) is 2.90. The molecule has 1 saturated heterocycles. The van der Waals surface area contributed by atoms with Gasteiger partial charge in [0.1, 0.15) is 6.04 Å². The lowest BCUT2D eigenvalue weighted by molar-refractivity contribution is -0.135. The van der Waals surface area contributed by atoms with Crippen LogP contribution in [0.2, 0.25) is 0 Å². The van der Waals surface area contributed by atoms with Gasteiger partial charge in [0.25, 0.3) is 0 Å². The first kappa shape index (κ1) is 17.6. The van der Waals surface area contributed by atoms with E-state index in [-0.39, 0.29) is 11.9 Å². The zero-order valence-corrected chi connectivity index (χ0v) is 15.4. The van der Waals surface area contributed by atoms with Gasteiger partial charge in [-0.1, -0.05) is 18.2 Å². The molecule has 3 rings (SSSR count). The highest BCUT2D eigenvalue weighted by Gasteiger charge is 2.25. The van der Waals surface area contributed by atoms with Crippen LogP contribution in [0.4, 0.5) is 0 Å². The molecule has 1 aromatic heterocycles. The third kappa shape index (κ3) is 3.60. The Bertz CT molecular complexity index is 763. The van der Waals surface area contributed by atoms with Crippen LogP contribution >= 0.6 is 0 Å². The molecule has 2 heterocycles. The maximum Gasteiger partial charge on any atom is 0.242 e. The predicted molar refractivity (Wildman–Crippen MR) is 96.9 cm³/mol. The van der Waals surface area contributed by atoms with Crippen molar-refractivity contribution in [1.29, 1.82) is 0 Å². The standard InChI is InChI=1S/C19H26N4O2/c1-13-7-5-6-8-18(13)23-15(3)16(14(2)21-23)11-22(4)19(24)17-12-25-10-9-20-17/h5-8,17,20H,9-12H2,1-4H3/t17-/m1/s1. The number of carbonyl (C=O) groups is 1. The van der Waals surface area contributed by atoms with Crippen LogP contribution in [0.3, 0.4) is 0 Å². The second-order valence-electron chi connectivity index (χ2n) is 6.62. The number of morpholine rings is 1. The molecule has 1 atom stereocenters. The Morgan fingerprint density at radius 2 is 2.12 bits per heavy atom. The highest BCUT2D eigenvalue weighted by molar-refractivity contribution is 5.82. The second kappa shape index (κ2) is 7.37. The Morgan fingerprint density at radius 1 is 1.36 bits per heavy atom. The molecule has 0 radical (unpaired) electrons. The molecule has 0 bridgehead atoms. The lowest BCUT2D eigenvalue weighted by Crippen LogP contribution is -2.51. The summed E-state index contributed by atoms with van der Waals surface area (Å²) in [6, 6.07) is 7.93. The molecule has 6 nitrogen and oxygen atoms in total. The number of hydrogen-bond donors (Lipinski definition) is 1. The van der Waals surface area contributed by atoms with Crippen molar-refractivity contribution < 1.29 is 9.53 Å². The number of hydrogen-bond acceptors (Lipinski definition) is 4. The van der Waals surface area contributed by atoms with E-state index in [1.165, 1.54) is 5.56 Å². The van der Waals surface area contributed by atoms with Gasteiger partial charge in [-0.05, 0) is 32.4 Å². The zero-order valence-electron chi connectivity index (χ0n) is 15.4. The molecular formula is C19H26N4O2. The van der Waals surface area contributed by atoms with Crippen LogP contribution in [0.5, 0.6) is 0 Å². The normalized spacial score (nSPS) is 17.5. The van der Waals surface area contributed by atoms with E-state index in [1.54, 1.807) is 4.90 Å². The highest BCUT2D eigenvalue weighted by atomic mass is 16.5. The Kier molecular flexibility index (Phi) is 5.20. The summed E-state index contributed by atoms with van der Waals surface area (Å²) in [6.07, 6.45) is 0. The van der Waals surface area contributed by atoms with Crippen molar-refractivity contribution in [2.24, 2.45) is 0 Å². The molecule has 25 heavy (non-hydrogen) atoms. The van der Waals surface area contributed by atoms with Gasteiger partial charge in [0, 0.05) is 31.4 Å². The molecule has 1 amide bonds. The molecule has 1 aliphatic heterocycles. The number of aromatic nitrogens is 2. The summed E-state index contributed by atoms with van der Waals surface area (Å²) >= 11 is 0. The summed E-state index contributed by atoms with van der Waals surface area (Å²) in [5, 5.41) is 7.92. The van der Waals surface area contributed by atoms with Crippen LogP contribution in [0.1, 0.15) is 22.5 Å². The Hall–Kier alpha value is -2.18. The number of nitrogens with one attached hydrogen (secondary N) is 1. The fourth-order valence-electron chi connectivity index (χ4n) is 3.24. The minimum Gasteiger partial charge on any atom is -0.378 e. The fourth-order valence-corrected chi connectivity index (χ4v) is 3.24. The van der Waals surface area contributed by atoms with Gasteiger partial charge >= 0.3 is 0 Å². The fraction of sp³-hybridized carbons (Fsp3) is 0.474. The van der Waals surface area contributed by atoms with Crippen molar-refractivity contribution in [1.82, 2.24) is 20.0 Å². The summed E-state index contributed by atoms with van der Waals surface area (Å²) in [5.41, 5.74) is 5.36. The van der Waals surface area contributed by atoms with E-state index in [0.29, 0.717) is 26.3 Å². The number of likely N-dealkylation sites (N-methyl/N-ethyl adjacent to an activating group) is 1. The van der Waals surface area contributed by atoms with E-state index in [9.17, 15) is 4.79 Å². The summed E-state index contributed by atoms with van der Waals surface area (Å²) in [7, 11) is 1.84. The average molecular weight is 342 g/mol. The minimum atomic E-state index is -0.259. The van der Waals surface area contributed by atoms with Gasteiger partial charge in [-0.3, -0.25) is 4.79 Å². The number of nitrogens with zero attached hydrogens (tertiary/aromatic N) is 3. The molecule has 1 N–H and O–H groups in total. The zero-order chi connectivity index (χ0) is 18.0. The summed E-state index contributed by atoms with van der Waals surface area (Å²) in [6.45, 7) is 8.49. The maximum absolute atomic E-state index is 12.6. The van der Waals surface area contributed by atoms with Crippen molar-refractivity contribution in [2.75, 3.05) is 26.8 Å². The van der Waals surface area contributed by atoms with Crippen LogP contribution in [0.25, 0.3) is 5.69 Å². The molecule has 0 saturated carbocycles. The monoisotopic (exact) mass is 342 g/mol. The van der Waals surface area contributed by atoms with Crippen molar-refractivity contribution in [3.63, 3.8) is 0 Å². The first-order valence-electron chi connectivity index (χ1n) is 8.66. The first-order chi connectivity index (χ1) is 12.0. The van der Waals surface area contributed by atoms with Gasteiger partial charge in [-0.2, -0.15) is 5.10 Å². The third-order valence-corrected chi connectivity index (χ3v) is 4.78. The topological polar surface area (TPSA) is 59.4 Å². The molecule has 1 fully saturated rings. The molecule has 1 aromatic carbocycles. The summed E-state index contributed by atoms with van der Waals surface area (Å²) < 4.78 is 7.37. The Labute approximate surface area is 148 Å². The van der Waals surface area contributed by atoms with Crippen molar-refractivity contribution in [3.05, 3.63) is 46.8 Å². The van der Waals surface area contributed by atoms with E-state index in [0.717, 1.165) is 22.6 Å². The first-order valence-corrected chi connectivity index (χ1v) is 8.66. The molecule has 1 aliphatic rings. The van der Waals surface area contributed by atoms with Crippen LogP contribution in [0, 0.1) is 20.8 Å². The lowest BCUT2D eigenvalue weighted by Gasteiger charge is -2.27. The molecule has 6 heteroatoms. The molecule has 0 spiro atoms. The number of para-hydroxylation sites is 1. The van der Waals surface area contributed by atoms with E-state index >= 15 is 0 Å². The Balaban J connectivity index is 1.81. The lowest BCUT2D eigenvalue weighted by atomic mass is 10.1. The SMILES string of the molecule is Cc1ccccc1-n1nc(C)c(CN(C)C(=O)[C@H]2COCCN2)c1C. The van der Waals surface area contributed by atoms with Crippen molar-refractivity contribution >= 4 is 5.91 Å². The van der Waals surface area contributed by atoms with Crippen LogP contribution in [-0.4, -0.2) is 53.4 Å². The van der Waals surface area contributed by atoms with Gasteiger partial charge in [0.2, 0.25) is 5.91 Å². The van der Waals surface area contributed by atoms with Crippen molar-refractivity contribution in [3.8, 4) is 5.69 Å². The van der Waals surface area contributed by atoms with Gasteiger partial charge in [0.05, 0.1) is 24.6 Å². The number of amides is 1. The smallest absolute Gasteiger partial charge is 0.242 e. The van der Waals surface area contributed by atoms with Gasteiger partial charge in [0.15, 0.2) is 0 Å². The van der Waals surface area contributed by atoms with E-state index in [4.69, 9.17) is 9.84 Å². The van der Waals surface area contributed by atoms with Gasteiger partial charge in [-0.15, -0.1) is 0 Å². The molecule has 0 unspecified atom stereocenters. The predicted octanol–water partition coefficient (Wildman–Crippen LogP) is 1.74. The number of benzene rings is 1. The number of aryl methyl sites for hydroxylation is 2. The molecule has 134 valence electrons. The molecular weight excluding hydrogens is 316 g/mol. The van der Waals surface area contributed by atoms with Gasteiger partial charge in [-0.25, -0.2) is 4.68 Å². The summed E-state index contributed by atoms with van der Waals surface area (Å²) in [5.74, 6) is 0.0575. The van der Waals surface area contributed by atoms with Crippen molar-refractivity contribution in [2.45, 2.75) is 33.4 Å². The van der Waals surface area contributed by atoms with Crippen LogP contribution in [-0.2, 0) is 16.1 Å².